The maximum absolute atomic E-state index is 6.15. The van der Waals surface area contributed by atoms with Crippen LogP contribution < -0.4 is 11.1 Å². The van der Waals surface area contributed by atoms with Crippen LogP contribution in [0.2, 0.25) is 0 Å². The first-order valence-electron chi connectivity index (χ1n) is 6.00. The summed E-state index contributed by atoms with van der Waals surface area (Å²) in [5.41, 5.74) is 7.95. The van der Waals surface area contributed by atoms with Gasteiger partial charge in [0, 0.05) is 12.1 Å². The number of anilines is 1. The molecule has 1 aliphatic rings. The van der Waals surface area contributed by atoms with E-state index in [1.165, 1.54) is 6.42 Å². The molecule has 1 saturated carbocycles. The largest absolute Gasteiger partial charge is 0.367 e. The minimum atomic E-state index is -0.0344. The van der Waals surface area contributed by atoms with Gasteiger partial charge in [0.2, 0.25) is 0 Å². The van der Waals surface area contributed by atoms with Gasteiger partial charge in [-0.05, 0) is 31.4 Å². The van der Waals surface area contributed by atoms with Crippen molar-refractivity contribution in [2.45, 2.75) is 24.8 Å². The first-order chi connectivity index (χ1) is 8.25. The molecule has 4 heteroatoms. The van der Waals surface area contributed by atoms with Gasteiger partial charge < -0.3 is 11.1 Å². The van der Waals surface area contributed by atoms with Crippen molar-refractivity contribution in [2.24, 2.45) is 5.73 Å². The molecule has 1 aromatic heterocycles. The molecule has 4 nitrogen and oxygen atoms in total. The second-order valence-electron chi connectivity index (χ2n) is 4.81. The molecule has 1 fully saturated rings. The van der Waals surface area contributed by atoms with Crippen LogP contribution in [0.25, 0.3) is 11.0 Å². The van der Waals surface area contributed by atoms with Crippen LogP contribution >= 0.6 is 0 Å². The fourth-order valence-electron chi connectivity index (χ4n) is 2.12. The molecular formula is C13H16N4. The summed E-state index contributed by atoms with van der Waals surface area (Å²) in [6, 6.07) is 7.86. The highest BCUT2D eigenvalue weighted by Gasteiger charge is 2.32. The average Bonchev–Trinajstić information content (AvgIpc) is 2.34. The lowest BCUT2D eigenvalue weighted by Crippen LogP contribution is -2.52. The summed E-state index contributed by atoms with van der Waals surface area (Å²) in [5, 5.41) is 3.28. The van der Waals surface area contributed by atoms with Gasteiger partial charge in [0.1, 0.15) is 5.82 Å². The van der Waals surface area contributed by atoms with Gasteiger partial charge in [-0.15, -0.1) is 0 Å². The fourth-order valence-corrected chi connectivity index (χ4v) is 2.12. The number of aromatic nitrogens is 2. The number of nitrogens with one attached hydrogen (secondary N) is 1. The first kappa shape index (κ1) is 10.5. The highest BCUT2D eigenvalue weighted by atomic mass is 15.0. The lowest BCUT2D eigenvalue weighted by atomic mass is 9.78. The summed E-state index contributed by atoms with van der Waals surface area (Å²) in [5.74, 6) is 0.806. The Kier molecular flexibility index (Phi) is 2.44. The Bertz CT molecular complexity index is 534. The predicted molar refractivity (Wildman–Crippen MR) is 68.8 cm³/mol. The van der Waals surface area contributed by atoms with Crippen molar-refractivity contribution >= 4 is 16.9 Å². The zero-order valence-electron chi connectivity index (χ0n) is 9.69. The molecule has 0 aliphatic heterocycles. The van der Waals surface area contributed by atoms with Gasteiger partial charge in [0.15, 0.2) is 0 Å². The molecule has 0 unspecified atom stereocenters. The van der Waals surface area contributed by atoms with Crippen LogP contribution in [0, 0.1) is 0 Å². The normalized spacial score (nSPS) is 17.7. The second kappa shape index (κ2) is 3.96. The van der Waals surface area contributed by atoms with Crippen molar-refractivity contribution in [1.82, 2.24) is 9.97 Å². The molecule has 88 valence electrons. The molecular weight excluding hydrogens is 212 g/mol. The second-order valence-corrected chi connectivity index (χ2v) is 4.81. The van der Waals surface area contributed by atoms with E-state index in [9.17, 15) is 0 Å². The summed E-state index contributed by atoms with van der Waals surface area (Å²) in [6.45, 7) is 0.778. The van der Waals surface area contributed by atoms with E-state index in [-0.39, 0.29) is 5.54 Å². The number of fused-ring (bicyclic) bond motifs is 1. The third-order valence-electron chi connectivity index (χ3n) is 3.42. The summed E-state index contributed by atoms with van der Waals surface area (Å²) in [7, 11) is 0. The standard InChI is InChI=1S/C13H16N4/c14-13(6-3-7-13)9-16-12-8-15-10-4-1-2-5-11(10)17-12/h1-2,4-5,8H,3,6-7,9,14H2,(H,16,17). The highest BCUT2D eigenvalue weighted by Crippen LogP contribution is 2.29. The molecule has 17 heavy (non-hydrogen) atoms. The summed E-state index contributed by atoms with van der Waals surface area (Å²) >= 11 is 0. The zero-order valence-corrected chi connectivity index (χ0v) is 9.69. The fraction of sp³-hybridized carbons (Fsp3) is 0.385. The van der Waals surface area contributed by atoms with E-state index in [4.69, 9.17) is 5.73 Å². The Morgan fingerprint density at radius 1 is 1.24 bits per heavy atom. The number of hydrogen-bond acceptors (Lipinski definition) is 4. The smallest absolute Gasteiger partial charge is 0.145 e. The number of benzene rings is 1. The molecule has 0 bridgehead atoms. The molecule has 0 saturated heterocycles. The molecule has 0 radical (unpaired) electrons. The average molecular weight is 228 g/mol. The van der Waals surface area contributed by atoms with Crippen LogP contribution in [0.1, 0.15) is 19.3 Å². The minimum absolute atomic E-state index is 0.0344. The van der Waals surface area contributed by atoms with E-state index in [1.807, 2.05) is 24.3 Å². The summed E-state index contributed by atoms with van der Waals surface area (Å²) in [4.78, 5) is 8.87. The van der Waals surface area contributed by atoms with Gasteiger partial charge in [0.25, 0.3) is 0 Å². The van der Waals surface area contributed by atoms with Gasteiger partial charge in [-0.25, -0.2) is 4.98 Å². The van der Waals surface area contributed by atoms with Crippen LogP contribution in [0.3, 0.4) is 0 Å². The van der Waals surface area contributed by atoms with Gasteiger partial charge >= 0.3 is 0 Å². The Morgan fingerprint density at radius 2 is 2.00 bits per heavy atom. The Morgan fingerprint density at radius 3 is 2.71 bits per heavy atom. The highest BCUT2D eigenvalue weighted by molar-refractivity contribution is 5.75. The van der Waals surface area contributed by atoms with Crippen molar-refractivity contribution < 1.29 is 0 Å². The van der Waals surface area contributed by atoms with Crippen molar-refractivity contribution in [3.63, 3.8) is 0 Å². The quantitative estimate of drug-likeness (QED) is 0.842. The van der Waals surface area contributed by atoms with Gasteiger partial charge in [-0.2, -0.15) is 0 Å². The molecule has 1 heterocycles. The first-order valence-corrected chi connectivity index (χ1v) is 6.00. The van der Waals surface area contributed by atoms with E-state index in [0.29, 0.717) is 0 Å². The SMILES string of the molecule is NC1(CNc2cnc3ccccc3n2)CCC1. The van der Waals surface area contributed by atoms with Crippen molar-refractivity contribution in [1.29, 1.82) is 0 Å². The van der Waals surface area contributed by atoms with Crippen LogP contribution in [-0.2, 0) is 0 Å². The molecule has 3 rings (SSSR count). The summed E-state index contributed by atoms with van der Waals surface area (Å²) < 4.78 is 0. The Hall–Kier alpha value is -1.68. The third kappa shape index (κ3) is 2.08. The number of para-hydroxylation sites is 2. The van der Waals surface area contributed by atoms with E-state index < -0.39 is 0 Å². The molecule has 3 N–H and O–H groups in total. The molecule has 0 atom stereocenters. The molecule has 0 spiro atoms. The monoisotopic (exact) mass is 228 g/mol. The van der Waals surface area contributed by atoms with E-state index in [2.05, 4.69) is 15.3 Å². The van der Waals surface area contributed by atoms with Gasteiger partial charge in [-0.1, -0.05) is 12.1 Å². The van der Waals surface area contributed by atoms with Crippen LogP contribution in [0.5, 0.6) is 0 Å². The van der Waals surface area contributed by atoms with Gasteiger partial charge in [0.05, 0.1) is 17.2 Å². The van der Waals surface area contributed by atoms with Crippen LogP contribution in [0.4, 0.5) is 5.82 Å². The lowest BCUT2D eigenvalue weighted by molar-refractivity contribution is 0.265. The Balaban J connectivity index is 1.76. The molecule has 0 amide bonds. The number of hydrogen-bond donors (Lipinski definition) is 2. The maximum atomic E-state index is 6.15. The topological polar surface area (TPSA) is 63.8 Å². The third-order valence-corrected chi connectivity index (χ3v) is 3.42. The van der Waals surface area contributed by atoms with Crippen molar-refractivity contribution in [3.05, 3.63) is 30.5 Å². The number of nitrogens with two attached hydrogens (primary N) is 1. The zero-order chi connectivity index (χ0) is 11.7. The van der Waals surface area contributed by atoms with Crippen LogP contribution in [-0.4, -0.2) is 22.1 Å². The predicted octanol–water partition coefficient (Wildman–Crippen LogP) is 1.92. The molecule has 1 aliphatic carbocycles. The van der Waals surface area contributed by atoms with Gasteiger partial charge in [-0.3, -0.25) is 4.98 Å². The minimum Gasteiger partial charge on any atom is -0.367 e. The molecule has 2 aromatic rings. The number of rotatable bonds is 3. The lowest BCUT2D eigenvalue weighted by Gasteiger charge is -2.38. The van der Waals surface area contributed by atoms with Crippen molar-refractivity contribution in [3.8, 4) is 0 Å². The van der Waals surface area contributed by atoms with E-state index in [0.717, 1.165) is 36.2 Å². The van der Waals surface area contributed by atoms with Crippen LogP contribution in [0.15, 0.2) is 30.5 Å². The number of nitrogens with zero attached hydrogens (tertiary/aromatic N) is 2. The maximum Gasteiger partial charge on any atom is 0.145 e. The summed E-state index contributed by atoms with van der Waals surface area (Å²) in [6.07, 6.45) is 5.20. The molecule has 1 aromatic carbocycles. The van der Waals surface area contributed by atoms with E-state index >= 15 is 0 Å². The van der Waals surface area contributed by atoms with E-state index in [1.54, 1.807) is 6.20 Å². The van der Waals surface area contributed by atoms with Crippen molar-refractivity contribution in [2.75, 3.05) is 11.9 Å². The Labute approximate surface area is 100 Å².